The Morgan fingerprint density at radius 1 is 1.16 bits per heavy atom. The summed E-state index contributed by atoms with van der Waals surface area (Å²) in [5.41, 5.74) is 1.54. The number of phenols is 1. The van der Waals surface area contributed by atoms with Crippen LogP contribution in [0.15, 0.2) is 42.5 Å². The van der Waals surface area contributed by atoms with Gasteiger partial charge in [-0.2, -0.15) is 0 Å². The third-order valence-corrected chi connectivity index (χ3v) is 3.05. The molecule has 0 atom stereocenters. The molecule has 19 heavy (non-hydrogen) atoms. The number of phenolic OH excluding ortho intramolecular Hbond substituents is 1. The highest BCUT2D eigenvalue weighted by molar-refractivity contribution is 6.07. The van der Waals surface area contributed by atoms with Crippen LogP contribution in [0, 0.1) is 12.7 Å². The number of halogens is 1. The summed E-state index contributed by atoms with van der Waals surface area (Å²) in [6, 6.07) is 10.5. The van der Waals surface area contributed by atoms with E-state index in [9.17, 15) is 14.3 Å². The van der Waals surface area contributed by atoms with Gasteiger partial charge in [0.25, 0.3) is 5.91 Å². The molecular weight excluding hydrogens is 245 g/mol. The van der Waals surface area contributed by atoms with Crippen molar-refractivity contribution in [2.45, 2.75) is 6.92 Å². The Morgan fingerprint density at radius 3 is 2.42 bits per heavy atom. The zero-order chi connectivity index (χ0) is 14.0. The van der Waals surface area contributed by atoms with Crippen LogP contribution in [0.3, 0.4) is 0 Å². The lowest BCUT2D eigenvalue weighted by Crippen LogP contribution is -2.26. The zero-order valence-electron chi connectivity index (χ0n) is 10.7. The molecular formula is C15H14FNO2. The largest absolute Gasteiger partial charge is 0.508 e. The lowest BCUT2D eigenvalue weighted by molar-refractivity contribution is 0.0992. The molecule has 0 saturated carbocycles. The van der Waals surface area contributed by atoms with Gasteiger partial charge in [-0.05, 0) is 43.3 Å². The Hall–Kier alpha value is -2.36. The summed E-state index contributed by atoms with van der Waals surface area (Å²) < 4.78 is 12.9. The monoisotopic (exact) mass is 259 g/mol. The fourth-order valence-electron chi connectivity index (χ4n) is 1.82. The molecule has 0 unspecified atom stereocenters. The highest BCUT2D eigenvalue weighted by atomic mass is 19.1. The molecule has 0 aliphatic heterocycles. The summed E-state index contributed by atoms with van der Waals surface area (Å²) in [4.78, 5) is 13.7. The minimum absolute atomic E-state index is 0.0818. The summed E-state index contributed by atoms with van der Waals surface area (Å²) in [7, 11) is 1.61. The first kappa shape index (κ1) is 13.1. The van der Waals surface area contributed by atoms with E-state index >= 15 is 0 Å². The van der Waals surface area contributed by atoms with Gasteiger partial charge in [0.2, 0.25) is 0 Å². The number of aromatic hydroxyl groups is 1. The predicted molar refractivity (Wildman–Crippen MR) is 72.0 cm³/mol. The molecule has 0 fully saturated rings. The Kier molecular flexibility index (Phi) is 3.51. The summed E-state index contributed by atoms with van der Waals surface area (Å²) >= 11 is 0. The van der Waals surface area contributed by atoms with Crippen molar-refractivity contribution in [1.82, 2.24) is 0 Å². The maximum atomic E-state index is 12.9. The normalized spacial score (nSPS) is 10.3. The van der Waals surface area contributed by atoms with E-state index in [1.165, 1.54) is 35.2 Å². The molecule has 0 bridgehead atoms. The van der Waals surface area contributed by atoms with Gasteiger partial charge in [-0.3, -0.25) is 4.79 Å². The first-order chi connectivity index (χ1) is 9.00. The van der Waals surface area contributed by atoms with Crippen molar-refractivity contribution in [3.8, 4) is 5.75 Å². The Bertz CT molecular complexity index is 608. The van der Waals surface area contributed by atoms with Gasteiger partial charge < -0.3 is 10.0 Å². The van der Waals surface area contributed by atoms with E-state index < -0.39 is 0 Å². The lowest BCUT2D eigenvalue weighted by Gasteiger charge is -2.18. The van der Waals surface area contributed by atoms with Crippen LogP contribution in [0.1, 0.15) is 15.9 Å². The van der Waals surface area contributed by atoms with Crippen LogP contribution in [0.2, 0.25) is 0 Å². The fraction of sp³-hybridized carbons (Fsp3) is 0.133. The van der Waals surface area contributed by atoms with Crippen LogP contribution < -0.4 is 4.90 Å². The van der Waals surface area contributed by atoms with E-state index in [1.807, 2.05) is 0 Å². The second-order valence-electron chi connectivity index (χ2n) is 4.29. The number of carbonyl (C=O) groups excluding carboxylic acids is 1. The Morgan fingerprint density at radius 2 is 1.79 bits per heavy atom. The molecule has 0 radical (unpaired) electrons. The van der Waals surface area contributed by atoms with Gasteiger partial charge in [0.1, 0.15) is 11.6 Å². The highest BCUT2D eigenvalue weighted by Gasteiger charge is 2.16. The average Bonchev–Trinajstić information content (AvgIpc) is 2.41. The van der Waals surface area contributed by atoms with E-state index in [0.717, 1.165) is 0 Å². The van der Waals surface area contributed by atoms with E-state index in [4.69, 9.17) is 0 Å². The number of hydrogen-bond acceptors (Lipinski definition) is 2. The maximum absolute atomic E-state index is 12.9. The highest BCUT2D eigenvalue weighted by Crippen LogP contribution is 2.23. The molecule has 0 spiro atoms. The Labute approximate surface area is 110 Å². The predicted octanol–water partition coefficient (Wildman–Crippen LogP) is 3.12. The molecule has 0 heterocycles. The molecule has 1 amide bonds. The quantitative estimate of drug-likeness (QED) is 0.900. The lowest BCUT2D eigenvalue weighted by atomic mass is 10.1. The molecule has 4 heteroatoms. The minimum Gasteiger partial charge on any atom is -0.508 e. The summed E-state index contributed by atoms with van der Waals surface area (Å²) in [5, 5.41) is 9.62. The van der Waals surface area contributed by atoms with Crippen molar-refractivity contribution >= 4 is 11.6 Å². The maximum Gasteiger partial charge on any atom is 0.258 e. The van der Waals surface area contributed by atoms with Gasteiger partial charge in [-0.1, -0.05) is 6.07 Å². The standard InChI is InChI=1S/C15H14FNO2/c1-10-13(4-3-5-14(10)18)15(19)17(2)12-8-6-11(16)7-9-12/h3-9,18H,1-2H3. The van der Waals surface area contributed by atoms with Gasteiger partial charge in [-0.25, -0.2) is 4.39 Å². The van der Waals surface area contributed by atoms with E-state index in [1.54, 1.807) is 26.1 Å². The molecule has 2 aromatic rings. The molecule has 0 aliphatic carbocycles. The van der Waals surface area contributed by atoms with Crippen molar-refractivity contribution in [2.24, 2.45) is 0 Å². The van der Waals surface area contributed by atoms with E-state index in [-0.39, 0.29) is 17.5 Å². The first-order valence-electron chi connectivity index (χ1n) is 5.83. The van der Waals surface area contributed by atoms with Crippen LogP contribution in [0.5, 0.6) is 5.75 Å². The number of amides is 1. The smallest absolute Gasteiger partial charge is 0.258 e. The topological polar surface area (TPSA) is 40.5 Å². The van der Waals surface area contributed by atoms with Gasteiger partial charge in [-0.15, -0.1) is 0 Å². The summed E-state index contributed by atoms with van der Waals surface area (Å²) in [6.45, 7) is 1.68. The van der Waals surface area contributed by atoms with Gasteiger partial charge >= 0.3 is 0 Å². The number of hydrogen-bond donors (Lipinski definition) is 1. The van der Waals surface area contributed by atoms with Crippen LogP contribution >= 0.6 is 0 Å². The first-order valence-corrected chi connectivity index (χ1v) is 5.83. The third-order valence-electron chi connectivity index (χ3n) is 3.05. The van der Waals surface area contributed by atoms with Crippen LogP contribution in [-0.2, 0) is 0 Å². The third kappa shape index (κ3) is 2.57. The molecule has 0 saturated heterocycles. The molecule has 98 valence electrons. The van der Waals surface area contributed by atoms with Crippen LogP contribution in [0.4, 0.5) is 10.1 Å². The second-order valence-corrected chi connectivity index (χ2v) is 4.29. The van der Waals surface area contributed by atoms with Crippen molar-refractivity contribution in [3.05, 3.63) is 59.4 Å². The summed E-state index contributed by atoms with van der Waals surface area (Å²) in [5.74, 6) is -0.517. The van der Waals surface area contributed by atoms with Crippen molar-refractivity contribution in [3.63, 3.8) is 0 Å². The number of anilines is 1. The van der Waals surface area contributed by atoms with Gasteiger partial charge in [0.15, 0.2) is 0 Å². The molecule has 0 aliphatic rings. The average molecular weight is 259 g/mol. The van der Waals surface area contributed by atoms with Crippen molar-refractivity contribution in [1.29, 1.82) is 0 Å². The molecule has 2 rings (SSSR count). The summed E-state index contributed by atoms with van der Waals surface area (Å²) in [6.07, 6.45) is 0. The second kappa shape index (κ2) is 5.10. The Balaban J connectivity index is 2.33. The molecule has 1 N–H and O–H groups in total. The fourth-order valence-corrected chi connectivity index (χ4v) is 1.82. The number of carbonyl (C=O) groups is 1. The van der Waals surface area contributed by atoms with Crippen LogP contribution in [0.25, 0.3) is 0 Å². The van der Waals surface area contributed by atoms with Gasteiger partial charge in [0.05, 0.1) is 0 Å². The molecule has 2 aromatic carbocycles. The molecule has 3 nitrogen and oxygen atoms in total. The number of benzene rings is 2. The SMILES string of the molecule is Cc1c(O)cccc1C(=O)N(C)c1ccc(F)cc1. The molecule has 0 aromatic heterocycles. The van der Waals surface area contributed by atoms with E-state index in [0.29, 0.717) is 16.8 Å². The number of nitrogens with zero attached hydrogens (tertiary/aromatic N) is 1. The zero-order valence-corrected chi connectivity index (χ0v) is 10.7. The van der Waals surface area contributed by atoms with Crippen molar-refractivity contribution < 1.29 is 14.3 Å². The number of rotatable bonds is 2. The van der Waals surface area contributed by atoms with Gasteiger partial charge in [0, 0.05) is 23.9 Å². The minimum atomic E-state index is -0.349. The van der Waals surface area contributed by atoms with Crippen molar-refractivity contribution in [2.75, 3.05) is 11.9 Å². The van der Waals surface area contributed by atoms with Crippen LogP contribution in [-0.4, -0.2) is 18.1 Å². The van der Waals surface area contributed by atoms with E-state index in [2.05, 4.69) is 0 Å².